The third kappa shape index (κ3) is 3.22. The lowest BCUT2D eigenvalue weighted by atomic mass is 10.2. The number of hydrazine groups is 1. The van der Waals surface area contributed by atoms with Crippen molar-refractivity contribution in [2.75, 3.05) is 5.43 Å². The number of ether oxygens (including phenoxy) is 1. The van der Waals surface area contributed by atoms with E-state index in [1.807, 2.05) is 13.0 Å². The molecule has 0 aliphatic heterocycles. The van der Waals surface area contributed by atoms with Crippen molar-refractivity contribution in [3.8, 4) is 11.6 Å². The summed E-state index contributed by atoms with van der Waals surface area (Å²) in [5.41, 5.74) is 3.36. The Morgan fingerprint density at radius 3 is 2.53 bits per heavy atom. The molecule has 2 aromatic rings. The Balaban J connectivity index is 2.40. The van der Waals surface area contributed by atoms with E-state index < -0.39 is 0 Å². The lowest BCUT2D eigenvalue weighted by molar-refractivity contribution is 0.464. The summed E-state index contributed by atoms with van der Waals surface area (Å²) in [5.74, 6) is 6.20. The average molecular weight is 319 g/mol. The summed E-state index contributed by atoms with van der Waals surface area (Å²) in [5, 5.41) is 1.03. The first-order valence-corrected chi connectivity index (χ1v) is 6.41. The average Bonchev–Trinajstić information content (AvgIpc) is 2.37. The van der Waals surface area contributed by atoms with Crippen LogP contribution in [0.15, 0.2) is 24.3 Å². The van der Waals surface area contributed by atoms with Gasteiger partial charge in [0.2, 0.25) is 5.88 Å². The summed E-state index contributed by atoms with van der Waals surface area (Å²) in [6.45, 7) is 1.92. The van der Waals surface area contributed by atoms with Crippen LogP contribution >= 0.6 is 34.8 Å². The Hall–Kier alpha value is -1.20. The molecule has 0 spiro atoms. The van der Waals surface area contributed by atoms with Crippen molar-refractivity contribution in [3.05, 3.63) is 44.9 Å². The minimum atomic E-state index is 0.173. The molecule has 0 unspecified atom stereocenters. The molecule has 1 heterocycles. The Bertz CT molecular complexity index is 619. The first-order chi connectivity index (χ1) is 9.01. The highest BCUT2D eigenvalue weighted by Gasteiger charge is 2.12. The zero-order chi connectivity index (χ0) is 14.0. The number of nitrogen functional groups attached to an aromatic ring is 1. The molecule has 0 fully saturated rings. The maximum atomic E-state index is 6.04. The number of aromatic nitrogens is 1. The van der Waals surface area contributed by atoms with Crippen LogP contribution in [0.2, 0.25) is 15.1 Å². The topological polar surface area (TPSA) is 60.2 Å². The van der Waals surface area contributed by atoms with E-state index in [9.17, 15) is 0 Å². The molecule has 0 aliphatic carbocycles. The fourth-order valence-corrected chi connectivity index (χ4v) is 2.02. The maximum Gasteiger partial charge on any atom is 0.240 e. The van der Waals surface area contributed by atoms with Gasteiger partial charge in [0, 0.05) is 0 Å². The van der Waals surface area contributed by atoms with E-state index in [1.165, 1.54) is 6.07 Å². The molecule has 0 radical (unpaired) electrons. The van der Waals surface area contributed by atoms with Gasteiger partial charge in [0.05, 0.1) is 10.0 Å². The van der Waals surface area contributed by atoms with Crippen molar-refractivity contribution in [3.63, 3.8) is 0 Å². The van der Waals surface area contributed by atoms with Crippen LogP contribution in [0.5, 0.6) is 11.6 Å². The van der Waals surface area contributed by atoms with Gasteiger partial charge in [-0.25, -0.2) is 5.84 Å². The molecule has 0 bridgehead atoms. The van der Waals surface area contributed by atoms with Gasteiger partial charge < -0.3 is 10.2 Å². The highest BCUT2D eigenvalue weighted by Crippen LogP contribution is 2.35. The third-order valence-corrected chi connectivity index (χ3v) is 3.20. The van der Waals surface area contributed by atoms with Crippen molar-refractivity contribution in [2.24, 2.45) is 5.84 Å². The Kier molecular flexibility index (Phi) is 4.37. The van der Waals surface area contributed by atoms with Crippen LogP contribution in [0.3, 0.4) is 0 Å². The lowest BCUT2D eigenvalue weighted by Crippen LogP contribution is -2.09. The SMILES string of the molecule is Cc1ccc(Cl)c(Oc2nc(NN)c(Cl)cc2Cl)c1. The maximum absolute atomic E-state index is 6.04. The number of pyridine rings is 1. The van der Waals surface area contributed by atoms with Crippen molar-refractivity contribution < 1.29 is 4.74 Å². The molecular weight excluding hydrogens is 309 g/mol. The van der Waals surface area contributed by atoms with Crippen LogP contribution in [0.1, 0.15) is 5.56 Å². The van der Waals surface area contributed by atoms with E-state index >= 15 is 0 Å². The van der Waals surface area contributed by atoms with Crippen molar-refractivity contribution in [1.82, 2.24) is 4.98 Å². The standard InChI is InChI=1S/C12H10Cl3N3O/c1-6-2-3-7(13)10(4-6)19-12-9(15)5-8(14)11(17-12)18-16/h2-5H,16H2,1H3,(H,17,18). The quantitative estimate of drug-likeness (QED) is 0.649. The van der Waals surface area contributed by atoms with Crippen LogP contribution in [-0.2, 0) is 0 Å². The number of hydrogen-bond donors (Lipinski definition) is 2. The van der Waals surface area contributed by atoms with Gasteiger partial charge in [-0.3, -0.25) is 0 Å². The number of nitrogens with zero attached hydrogens (tertiary/aromatic N) is 1. The fraction of sp³-hybridized carbons (Fsp3) is 0.0833. The van der Waals surface area contributed by atoms with E-state index in [2.05, 4.69) is 10.4 Å². The summed E-state index contributed by atoms with van der Waals surface area (Å²) in [7, 11) is 0. The molecule has 1 aromatic heterocycles. The zero-order valence-electron chi connectivity index (χ0n) is 9.88. The van der Waals surface area contributed by atoms with E-state index in [0.717, 1.165) is 5.56 Å². The van der Waals surface area contributed by atoms with E-state index in [4.69, 9.17) is 45.4 Å². The molecule has 0 saturated heterocycles. The van der Waals surface area contributed by atoms with Gasteiger partial charge in [-0.2, -0.15) is 4.98 Å². The van der Waals surface area contributed by atoms with Crippen molar-refractivity contribution in [1.29, 1.82) is 0 Å². The number of nitrogens with two attached hydrogens (primary N) is 1. The second-order valence-corrected chi connectivity index (χ2v) is 5.01. The highest BCUT2D eigenvalue weighted by molar-refractivity contribution is 6.36. The second kappa shape index (κ2) is 5.84. The fourth-order valence-electron chi connectivity index (χ4n) is 1.42. The van der Waals surface area contributed by atoms with E-state index in [0.29, 0.717) is 15.8 Å². The molecule has 7 heteroatoms. The molecule has 2 rings (SSSR count). The number of anilines is 1. The Morgan fingerprint density at radius 2 is 1.84 bits per heavy atom. The number of rotatable bonds is 3. The molecule has 3 N–H and O–H groups in total. The van der Waals surface area contributed by atoms with Gasteiger partial charge in [0.15, 0.2) is 5.82 Å². The van der Waals surface area contributed by atoms with Crippen LogP contribution in [0.25, 0.3) is 0 Å². The van der Waals surface area contributed by atoms with E-state index in [-0.39, 0.29) is 16.7 Å². The van der Waals surface area contributed by atoms with Crippen LogP contribution < -0.4 is 16.0 Å². The Labute approximate surface area is 125 Å². The number of aryl methyl sites for hydroxylation is 1. The molecule has 0 amide bonds. The van der Waals surface area contributed by atoms with Crippen LogP contribution in [-0.4, -0.2) is 4.98 Å². The predicted molar refractivity (Wildman–Crippen MR) is 78.3 cm³/mol. The number of hydrogen-bond acceptors (Lipinski definition) is 4. The predicted octanol–water partition coefficient (Wildman–Crippen LogP) is 4.43. The summed E-state index contributed by atoms with van der Waals surface area (Å²) in [4.78, 5) is 4.08. The van der Waals surface area contributed by atoms with Gasteiger partial charge in [-0.1, -0.05) is 40.9 Å². The molecule has 0 saturated carbocycles. The largest absolute Gasteiger partial charge is 0.436 e. The minimum Gasteiger partial charge on any atom is -0.436 e. The third-order valence-electron chi connectivity index (χ3n) is 2.33. The first-order valence-electron chi connectivity index (χ1n) is 5.28. The number of benzene rings is 1. The summed E-state index contributed by atoms with van der Waals surface area (Å²) < 4.78 is 5.59. The van der Waals surface area contributed by atoms with Crippen molar-refractivity contribution >= 4 is 40.6 Å². The van der Waals surface area contributed by atoms with Gasteiger partial charge in [-0.15, -0.1) is 0 Å². The van der Waals surface area contributed by atoms with Gasteiger partial charge >= 0.3 is 0 Å². The smallest absolute Gasteiger partial charge is 0.240 e. The molecule has 4 nitrogen and oxygen atoms in total. The number of halogens is 3. The van der Waals surface area contributed by atoms with Gasteiger partial charge in [-0.05, 0) is 30.7 Å². The summed E-state index contributed by atoms with van der Waals surface area (Å²) in [6, 6.07) is 6.88. The Morgan fingerprint density at radius 1 is 1.11 bits per heavy atom. The normalized spacial score (nSPS) is 10.4. The minimum absolute atomic E-state index is 0.173. The highest BCUT2D eigenvalue weighted by atomic mass is 35.5. The summed E-state index contributed by atoms with van der Waals surface area (Å²) in [6.07, 6.45) is 0. The molecule has 0 atom stereocenters. The molecule has 0 aliphatic rings. The number of nitrogens with one attached hydrogen (secondary N) is 1. The molecule has 19 heavy (non-hydrogen) atoms. The van der Waals surface area contributed by atoms with Crippen molar-refractivity contribution in [2.45, 2.75) is 6.92 Å². The summed E-state index contributed by atoms with van der Waals surface area (Å²) >= 11 is 17.9. The molecular formula is C12H10Cl3N3O. The lowest BCUT2D eigenvalue weighted by Gasteiger charge is -2.11. The monoisotopic (exact) mass is 317 g/mol. The van der Waals surface area contributed by atoms with Crippen LogP contribution in [0.4, 0.5) is 5.82 Å². The van der Waals surface area contributed by atoms with E-state index in [1.54, 1.807) is 12.1 Å². The van der Waals surface area contributed by atoms with Crippen LogP contribution in [0, 0.1) is 6.92 Å². The van der Waals surface area contributed by atoms with Gasteiger partial charge in [0.25, 0.3) is 0 Å². The van der Waals surface area contributed by atoms with Gasteiger partial charge in [0.1, 0.15) is 10.8 Å². The molecule has 1 aromatic carbocycles. The first kappa shape index (κ1) is 14.2. The molecule has 100 valence electrons. The second-order valence-electron chi connectivity index (χ2n) is 3.79. The zero-order valence-corrected chi connectivity index (χ0v) is 12.1.